The second-order valence-electron chi connectivity index (χ2n) is 20.6. The molecule has 5 heterocycles. The first-order valence-corrected chi connectivity index (χ1v) is 26.8. The first-order chi connectivity index (χ1) is 39.1. The molecule has 79 heavy (non-hydrogen) atoms. The van der Waals surface area contributed by atoms with Crippen LogP contribution < -0.4 is 0 Å². The van der Waals surface area contributed by atoms with Gasteiger partial charge in [-0.2, -0.15) is 0 Å². The van der Waals surface area contributed by atoms with Crippen molar-refractivity contribution in [3.63, 3.8) is 0 Å². The van der Waals surface area contributed by atoms with Crippen molar-refractivity contribution in [1.29, 1.82) is 0 Å². The Hall–Kier alpha value is -10.6. The summed E-state index contributed by atoms with van der Waals surface area (Å²) in [6.45, 7) is 0. The smallest absolute Gasteiger partial charge is 0.163 e. The molecule has 0 amide bonds. The van der Waals surface area contributed by atoms with Gasteiger partial charge in [0.05, 0.1) is 60.9 Å². The summed E-state index contributed by atoms with van der Waals surface area (Å²) in [5.74, 6) is -0.0552. The summed E-state index contributed by atoms with van der Waals surface area (Å²) in [5.41, 5.74) is 15.5. The van der Waals surface area contributed by atoms with Crippen molar-refractivity contribution in [1.82, 2.24) is 28.2 Å². The minimum atomic E-state index is -0.379. The molecule has 0 spiro atoms. The lowest BCUT2D eigenvalue weighted by Gasteiger charge is -2.18. The van der Waals surface area contributed by atoms with Crippen LogP contribution in [0.15, 0.2) is 261 Å². The largest absolute Gasteiger partial charge is 0.309 e. The van der Waals surface area contributed by atoms with Crippen LogP contribution in [0.5, 0.6) is 0 Å². The molecule has 0 aliphatic rings. The third-order valence-corrected chi connectivity index (χ3v) is 16.4. The first kappa shape index (κ1) is 43.6. The van der Waals surface area contributed by atoms with Gasteiger partial charge >= 0.3 is 0 Å². The van der Waals surface area contributed by atoms with Gasteiger partial charge in [-0.15, -0.1) is 0 Å². The Bertz CT molecular complexity index is 5060. The molecule has 0 atom stereocenters. The van der Waals surface area contributed by atoms with Crippen LogP contribution in [-0.4, -0.2) is 28.2 Å². The van der Waals surface area contributed by atoms with E-state index < -0.39 is 0 Å². The molecular weight excluding hydrogens is 968 g/mol. The quantitative estimate of drug-likeness (QED) is 0.156. The molecule has 0 fully saturated rings. The molecular formula is C72H43FN6. The Morgan fingerprint density at radius 2 is 0.633 bits per heavy atom. The maximum atomic E-state index is 16.1. The molecule has 0 radical (unpaired) electrons. The molecule has 7 heteroatoms. The molecule has 0 aliphatic heterocycles. The minimum Gasteiger partial charge on any atom is -0.309 e. The Balaban J connectivity index is 0.998. The van der Waals surface area contributed by atoms with Crippen LogP contribution in [0.1, 0.15) is 0 Å². The summed E-state index contributed by atoms with van der Waals surface area (Å²) in [6.07, 6.45) is 0. The molecule has 0 unspecified atom stereocenters. The number of nitrogens with zero attached hydrogens (tertiary/aromatic N) is 6. The highest BCUT2D eigenvalue weighted by molar-refractivity contribution is 6.15. The van der Waals surface area contributed by atoms with E-state index in [9.17, 15) is 0 Å². The number of hydrogen-bond donors (Lipinski definition) is 0. The SMILES string of the molecule is Fc1ccccc1-c1nc(-c2cc(-n3c4ccccc4c4ccc(-n5c6ccccc6c6ccccc65)cc43)cc(-n3c4ccccc4c4ccc(-n5c6ccccc6c6ccccc65)cc43)c2)c2ccc3ccccc3c2n1. The number of fused-ring (bicyclic) bond motifs is 15. The molecule has 5 aromatic heterocycles. The minimum absolute atomic E-state index is 0.323. The van der Waals surface area contributed by atoms with Crippen molar-refractivity contribution in [3.05, 3.63) is 267 Å². The van der Waals surface area contributed by atoms with Gasteiger partial charge < -0.3 is 18.3 Å². The fourth-order valence-corrected chi connectivity index (χ4v) is 13.0. The van der Waals surface area contributed by atoms with Crippen LogP contribution in [-0.2, 0) is 0 Å². The van der Waals surface area contributed by atoms with E-state index in [1.54, 1.807) is 12.1 Å². The van der Waals surface area contributed by atoms with E-state index in [4.69, 9.17) is 9.97 Å². The third kappa shape index (κ3) is 6.38. The predicted molar refractivity (Wildman–Crippen MR) is 325 cm³/mol. The summed E-state index contributed by atoms with van der Waals surface area (Å²) >= 11 is 0. The van der Waals surface area contributed by atoms with Crippen LogP contribution in [0, 0.1) is 5.82 Å². The molecule has 17 rings (SSSR count). The maximum absolute atomic E-state index is 16.1. The second-order valence-corrected chi connectivity index (χ2v) is 20.6. The van der Waals surface area contributed by atoms with Gasteiger partial charge in [0.2, 0.25) is 0 Å². The van der Waals surface area contributed by atoms with E-state index in [-0.39, 0.29) is 5.82 Å². The molecule has 17 aromatic rings. The summed E-state index contributed by atoms with van der Waals surface area (Å²) in [7, 11) is 0. The Kier molecular flexibility index (Phi) is 9.21. The number of rotatable bonds is 6. The summed E-state index contributed by atoms with van der Waals surface area (Å²) < 4.78 is 25.8. The lowest BCUT2D eigenvalue weighted by molar-refractivity contribution is 0.630. The van der Waals surface area contributed by atoms with E-state index in [1.807, 2.05) is 18.2 Å². The molecule has 0 bridgehead atoms. The number of benzene rings is 12. The van der Waals surface area contributed by atoms with E-state index in [2.05, 4.69) is 243 Å². The summed E-state index contributed by atoms with van der Waals surface area (Å²) in [4.78, 5) is 10.7. The first-order valence-electron chi connectivity index (χ1n) is 26.8. The van der Waals surface area contributed by atoms with Crippen molar-refractivity contribution in [2.24, 2.45) is 0 Å². The summed E-state index contributed by atoms with van der Waals surface area (Å²) in [6, 6.07) is 92.1. The molecule has 0 saturated carbocycles. The van der Waals surface area contributed by atoms with Gasteiger partial charge in [-0.25, -0.2) is 14.4 Å². The maximum Gasteiger partial charge on any atom is 0.163 e. The van der Waals surface area contributed by atoms with Crippen molar-refractivity contribution >= 4 is 109 Å². The van der Waals surface area contributed by atoms with Crippen molar-refractivity contribution in [3.8, 4) is 45.4 Å². The molecule has 368 valence electrons. The normalized spacial score (nSPS) is 12.1. The highest BCUT2D eigenvalue weighted by Gasteiger charge is 2.23. The van der Waals surface area contributed by atoms with Gasteiger partial charge in [-0.3, -0.25) is 0 Å². The van der Waals surface area contributed by atoms with E-state index in [0.29, 0.717) is 17.1 Å². The molecule has 0 aliphatic carbocycles. The monoisotopic (exact) mass is 1010 g/mol. The zero-order valence-corrected chi connectivity index (χ0v) is 42.4. The fourth-order valence-electron chi connectivity index (χ4n) is 13.0. The average molecular weight is 1010 g/mol. The number of aromatic nitrogens is 6. The van der Waals surface area contributed by atoms with E-state index >= 15 is 4.39 Å². The van der Waals surface area contributed by atoms with Gasteiger partial charge in [-0.1, -0.05) is 164 Å². The zero-order valence-electron chi connectivity index (χ0n) is 42.4. The molecule has 0 saturated heterocycles. The Morgan fingerprint density at radius 1 is 0.266 bits per heavy atom. The van der Waals surface area contributed by atoms with E-state index in [1.165, 1.54) is 27.6 Å². The van der Waals surface area contributed by atoms with Gasteiger partial charge in [0.25, 0.3) is 0 Å². The van der Waals surface area contributed by atoms with Gasteiger partial charge in [-0.05, 0) is 102 Å². The predicted octanol–water partition coefficient (Wildman–Crippen LogP) is 18.6. The van der Waals surface area contributed by atoms with Crippen LogP contribution in [0.3, 0.4) is 0 Å². The second kappa shape index (κ2) is 16.7. The molecule has 6 nitrogen and oxygen atoms in total. The number of para-hydroxylation sites is 6. The molecule has 12 aromatic carbocycles. The van der Waals surface area contributed by atoms with Crippen LogP contribution >= 0.6 is 0 Å². The van der Waals surface area contributed by atoms with Gasteiger partial charge in [0, 0.05) is 82.2 Å². The summed E-state index contributed by atoms with van der Waals surface area (Å²) in [5, 5.41) is 12.3. The van der Waals surface area contributed by atoms with Crippen LogP contribution in [0.2, 0.25) is 0 Å². The lowest BCUT2D eigenvalue weighted by atomic mass is 10.00. The Labute approximate surface area is 451 Å². The number of halogens is 1. The topological polar surface area (TPSA) is 45.5 Å². The highest BCUT2D eigenvalue weighted by atomic mass is 19.1. The highest BCUT2D eigenvalue weighted by Crippen LogP contribution is 2.43. The fraction of sp³-hybridized carbons (Fsp3) is 0. The number of hydrogen-bond acceptors (Lipinski definition) is 2. The Morgan fingerprint density at radius 3 is 1.09 bits per heavy atom. The van der Waals surface area contributed by atoms with Crippen molar-refractivity contribution in [2.45, 2.75) is 0 Å². The van der Waals surface area contributed by atoms with Crippen LogP contribution in [0.25, 0.3) is 154 Å². The van der Waals surface area contributed by atoms with Crippen molar-refractivity contribution in [2.75, 3.05) is 0 Å². The van der Waals surface area contributed by atoms with Crippen molar-refractivity contribution < 1.29 is 4.39 Å². The van der Waals surface area contributed by atoms with E-state index in [0.717, 1.165) is 116 Å². The molecule has 0 N–H and O–H groups in total. The third-order valence-electron chi connectivity index (χ3n) is 16.4. The lowest BCUT2D eigenvalue weighted by Crippen LogP contribution is -2.03. The average Bonchev–Trinajstić information content (AvgIpc) is 4.42. The standard InChI is InChI=1S/C72H43FN6/c73-61-26-10-3-25-59(61)72-74-70(60-36-33-44-17-1-2-18-50(44)71(60)75-72)45-39-48(78-66-31-15-8-23-55(66)57-37-34-46(42-68(57)78)76-62-27-11-4-19-51(62)52-20-5-12-28-63(52)76)41-49(40-45)79-67-32-16-9-24-56(67)58-38-35-47(43-69(58)79)77-64-29-13-6-21-53(64)54-22-7-14-30-65(54)77/h1-43H. The van der Waals surface area contributed by atoms with Gasteiger partial charge in [0.1, 0.15) is 5.82 Å². The van der Waals surface area contributed by atoms with Crippen LogP contribution in [0.4, 0.5) is 4.39 Å². The van der Waals surface area contributed by atoms with Gasteiger partial charge in [0.15, 0.2) is 5.82 Å². The zero-order chi connectivity index (χ0) is 51.9.